The third-order valence-corrected chi connectivity index (χ3v) is 3.32. The second-order valence-corrected chi connectivity index (χ2v) is 5.19. The molecule has 0 aromatic rings. The minimum atomic E-state index is 0.101. The van der Waals surface area contributed by atoms with E-state index in [-0.39, 0.29) is 18.1 Å². The monoisotopic (exact) mass is 242 g/mol. The summed E-state index contributed by atoms with van der Waals surface area (Å²) in [6.07, 6.45) is 4.77. The molecule has 0 spiro atoms. The van der Waals surface area contributed by atoms with Crippen LogP contribution in [0.3, 0.4) is 0 Å². The van der Waals surface area contributed by atoms with E-state index in [9.17, 15) is 4.79 Å². The quantitative estimate of drug-likeness (QED) is 0.740. The van der Waals surface area contributed by atoms with Crippen molar-refractivity contribution in [3.63, 3.8) is 0 Å². The van der Waals surface area contributed by atoms with Crippen LogP contribution in [0.25, 0.3) is 0 Å². The number of amides is 1. The Morgan fingerprint density at radius 3 is 2.76 bits per heavy atom. The fourth-order valence-corrected chi connectivity index (χ4v) is 2.19. The highest BCUT2D eigenvalue weighted by Gasteiger charge is 2.20. The lowest BCUT2D eigenvalue weighted by atomic mass is 10.00. The average Bonchev–Trinajstić information content (AvgIpc) is 2.29. The summed E-state index contributed by atoms with van der Waals surface area (Å²) in [5.41, 5.74) is 5.55. The second kappa shape index (κ2) is 7.67. The maximum atomic E-state index is 11.9. The van der Waals surface area contributed by atoms with Crippen molar-refractivity contribution >= 4 is 5.91 Å². The van der Waals surface area contributed by atoms with Gasteiger partial charge in [-0.2, -0.15) is 0 Å². The Kier molecular flexibility index (Phi) is 6.52. The number of nitrogens with two attached hydrogens (primary N) is 1. The summed E-state index contributed by atoms with van der Waals surface area (Å²) in [5, 5.41) is 3.07. The zero-order chi connectivity index (χ0) is 12.7. The SMILES string of the molecule is CC(C)C(CCN)NC(=O)CC1CCCCO1. The number of hydrogen-bond donors (Lipinski definition) is 2. The molecule has 100 valence electrons. The van der Waals surface area contributed by atoms with Gasteiger partial charge in [0.2, 0.25) is 5.91 Å². The van der Waals surface area contributed by atoms with Crippen LogP contribution in [0, 0.1) is 5.92 Å². The molecule has 4 nitrogen and oxygen atoms in total. The standard InChI is InChI=1S/C13H26N2O2/c1-10(2)12(6-7-14)15-13(16)9-11-5-3-4-8-17-11/h10-12H,3-9,14H2,1-2H3,(H,15,16). The Morgan fingerprint density at radius 2 is 2.24 bits per heavy atom. The molecule has 1 aliphatic heterocycles. The Bertz CT molecular complexity index is 225. The zero-order valence-corrected chi connectivity index (χ0v) is 11.1. The van der Waals surface area contributed by atoms with Gasteiger partial charge in [0, 0.05) is 12.6 Å². The summed E-state index contributed by atoms with van der Waals surface area (Å²) in [6.45, 7) is 5.63. The number of rotatable bonds is 6. The predicted octanol–water partition coefficient (Wildman–Crippen LogP) is 1.44. The van der Waals surface area contributed by atoms with Gasteiger partial charge in [-0.15, -0.1) is 0 Å². The molecular formula is C13H26N2O2. The van der Waals surface area contributed by atoms with Gasteiger partial charge in [0.1, 0.15) is 0 Å². The highest BCUT2D eigenvalue weighted by molar-refractivity contribution is 5.76. The fourth-order valence-electron chi connectivity index (χ4n) is 2.19. The molecule has 0 bridgehead atoms. The Balaban J connectivity index is 2.30. The van der Waals surface area contributed by atoms with Crippen molar-refractivity contribution in [3.05, 3.63) is 0 Å². The van der Waals surface area contributed by atoms with Gasteiger partial charge in [-0.25, -0.2) is 0 Å². The summed E-state index contributed by atoms with van der Waals surface area (Å²) in [5.74, 6) is 0.527. The van der Waals surface area contributed by atoms with Crippen LogP contribution in [-0.4, -0.2) is 31.2 Å². The Labute approximate surface area is 104 Å². The molecule has 1 fully saturated rings. The van der Waals surface area contributed by atoms with Crippen molar-refractivity contribution in [1.82, 2.24) is 5.32 Å². The van der Waals surface area contributed by atoms with Crippen LogP contribution in [0.1, 0.15) is 46.0 Å². The molecule has 1 rings (SSSR count). The van der Waals surface area contributed by atoms with Crippen molar-refractivity contribution in [2.45, 2.75) is 58.1 Å². The molecule has 2 atom stereocenters. The van der Waals surface area contributed by atoms with Gasteiger partial charge < -0.3 is 15.8 Å². The van der Waals surface area contributed by atoms with Crippen LogP contribution in [-0.2, 0) is 9.53 Å². The van der Waals surface area contributed by atoms with E-state index in [1.54, 1.807) is 0 Å². The molecule has 0 aromatic heterocycles. The number of ether oxygens (including phenoxy) is 1. The van der Waals surface area contributed by atoms with Gasteiger partial charge in [-0.05, 0) is 38.1 Å². The van der Waals surface area contributed by atoms with Crippen LogP contribution in [0.2, 0.25) is 0 Å². The minimum absolute atomic E-state index is 0.101. The van der Waals surface area contributed by atoms with E-state index in [1.165, 1.54) is 6.42 Å². The van der Waals surface area contributed by atoms with E-state index in [0.29, 0.717) is 18.9 Å². The molecule has 17 heavy (non-hydrogen) atoms. The average molecular weight is 242 g/mol. The molecule has 0 aromatic carbocycles. The first-order valence-electron chi connectivity index (χ1n) is 6.74. The topological polar surface area (TPSA) is 64.3 Å². The van der Waals surface area contributed by atoms with Crippen LogP contribution in [0.5, 0.6) is 0 Å². The lowest BCUT2D eigenvalue weighted by molar-refractivity contribution is -0.125. The van der Waals surface area contributed by atoms with E-state index in [2.05, 4.69) is 19.2 Å². The van der Waals surface area contributed by atoms with Crippen LogP contribution < -0.4 is 11.1 Å². The summed E-state index contributed by atoms with van der Waals surface area (Å²) in [7, 11) is 0. The molecular weight excluding hydrogens is 216 g/mol. The highest BCUT2D eigenvalue weighted by Crippen LogP contribution is 2.16. The van der Waals surface area contributed by atoms with Crippen molar-refractivity contribution < 1.29 is 9.53 Å². The molecule has 1 heterocycles. The lowest BCUT2D eigenvalue weighted by Crippen LogP contribution is -2.41. The number of carbonyl (C=O) groups is 1. The van der Waals surface area contributed by atoms with Crippen molar-refractivity contribution in [3.8, 4) is 0 Å². The smallest absolute Gasteiger partial charge is 0.222 e. The summed E-state index contributed by atoms with van der Waals surface area (Å²) >= 11 is 0. The van der Waals surface area contributed by atoms with Gasteiger partial charge >= 0.3 is 0 Å². The summed E-state index contributed by atoms with van der Waals surface area (Å²) in [6, 6.07) is 0.191. The first kappa shape index (κ1) is 14.5. The second-order valence-electron chi connectivity index (χ2n) is 5.19. The van der Waals surface area contributed by atoms with Crippen LogP contribution in [0.15, 0.2) is 0 Å². The van der Waals surface area contributed by atoms with E-state index in [4.69, 9.17) is 10.5 Å². The van der Waals surface area contributed by atoms with E-state index >= 15 is 0 Å². The maximum Gasteiger partial charge on any atom is 0.222 e. The van der Waals surface area contributed by atoms with E-state index in [0.717, 1.165) is 25.9 Å². The van der Waals surface area contributed by atoms with Gasteiger partial charge in [-0.1, -0.05) is 13.8 Å². The Hall–Kier alpha value is -0.610. The highest BCUT2D eigenvalue weighted by atomic mass is 16.5. The molecule has 3 N–H and O–H groups in total. The van der Waals surface area contributed by atoms with Gasteiger partial charge in [0.15, 0.2) is 0 Å². The van der Waals surface area contributed by atoms with Crippen molar-refractivity contribution in [1.29, 1.82) is 0 Å². The largest absolute Gasteiger partial charge is 0.378 e. The predicted molar refractivity (Wildman–Crippen MR) is 68.6 cm³/mol. The lowest BCUT2D eigenvalue weighted by Gasteiger charge is -2.25. The number of nitrogens with one attached hydrogen (secondary N) is 1. The van der Waals surface area contributed by atoms with Gasteiger partial charge in [0.25, 0.3) is 0 Å². The van der Waals surface area contributed by atoms with Gasteiger partial charge in [0.05, 0.1) is 12.5 Å². The molecule has 1 aliphatic rings. The maximum absolute atomic E-state index is 11.9. The minimum Gasteiger partial charge on any atom is -0.378 e. The first-order valence-corrected chi connectivity index (χ1v) is 6.74. The van der Waals surface area contributed by atoms with Crippen molar-refractivity contribution in [2.75, 3.05) is 13.2 Å². The van der Waals surface area contributed by atoms with E-state index < -0.39 is 0 Å². The third-order valence-electron chi connectivity index (χ3n) is 3.32. The number of hydrogen-bond acceptors (Lipinski definition) is 3. The fraction of sp³-hybridized carbons (Fsp3) is 0.923. The Morgan fingerprint density at radius 1 is 1.47 bits per heavy atom. The van der Waals surface area contributed by atoms with Gasteiger partial charge in [-0.3, -0.25) is 4.79 Å². The molecule has 0 aliphatic carbocycles. The third kappa shape index (κ3) is 5.50. The molecule has 4 heteroatoms. The summed E-state index contributed by atoms with van der Waals surface area (Å²) in [4.78, 5) is 11.9. The number of carbonyl (C=O) groups excluding carboxylic acids is 1. The molecule has 2 unspecified atom stereocenters. The summed E-state index contributed by atoms with van der Waals surface area (Å²) < 4.78 is 5.57. The normalized spacial score (nSPS) is 22.5. The van der Waals surface area contributed by atoms with Crippen molar-refractivity contribution in [2.24, 2.45) is 11.7 Å². The van der Waals surface area contributed by atoms with Crippen LogP contribution >= 0.6 is 0 Å². The molecule has 1 saturated heterocycles. The molecule has 0 saturated carbocycles. The van der Waals surface area contributed by atoms with Crippen LogP contribution in [0.4, 0.5) is 0 Å². The first-order chi connectivity index (χ1) is 8.13. The molecule has 0 radical (unpaired) electrons. The van der Waals surface area contributed by atoms with E-state index in [1.807, 2.05) is 0 Å². The molecule has 1 amide bonds. The zero-order valence-electron chi connectivity index (χ0n) is 11.1.